The number of hydrogen-bond donors (Lipinski definition) is 0. The molecule has 2 aromatic heterocycles. The Morgan fingerprint density at radius 2 is 1.79 bits per heavy atom. The highest BCUT2D eigenvalue weighted by atomic mass is 16.6. The minimum atomic E-state index is -0.662. The Bertz CT molecular complexity index is 815. The van der Waals surface area contributed by atoms with E-state index in [0.717, 1.165) is 11.3 Å². The Morgan fingerprint density at radius 3 is 2.46 bits per heavy atom. The van der Waals surface area contributed by atoms with Gasteiger partial charge in [0, 0.05) is 18.0 Å². The second-order valence-corrected chi connectivity index (χ2v) is 4.96. The molecule has 3 rings (SSSR count). The van der Waals surface area contributed by atoms with E-state index in [2.05, 4.69) is 15.2 Å². The fraction of sp³-hybridized carbons (Fsp3) is 0.176. The van der Waals surface area contributed by atoms with E-state index < -0.39 is 12.1 Å². The summed E-state index contributed by atoms with van der Waals surface area (Å²) in [6, 6.07) is 10.4. The number of aromatic nitrogens is 3. The van der Waals surface area contributed by atoms with Crippen LogP contribution < -0.4 is 4.74 Å². The zero-order valence-electron chi connectivity index (χ0n) is 13.2. The van der Waals surface area contributed by atoms with Crippen LogP contribution in [0.15, 0.2) is 53.2 Å². The van der Waals surface area contributed by atoms with Crippen molar-refractivity contribution < 1.29 is 18.7 Å². The highest BCUT2D eigenvalue weighted by molar-refractivity contribution is 5.89. The van der Waals surface area contributed by atoms with E-state index in [4.69, 9.17) is 13.9 Å². The van der Waals surface area contributed by atoms with Crippen molar-refractivity contribution in [2.24, 2.45) is 0 Å². The Labute approximate surface area is 138 Å². The molecule has 0 spiro atoms. The first-order chi connectivity index (χ1) is 11.7. The van der Waals surface area contributed by atoms with Gasteiger partial charge in [0.15, 0.2) is 6.10 Å². The molecule has 0 aliphatic carbocycles. The van der Waals surface area contributed by atoms with Crippen LogP contribution in [0.2, 0.25) is 0 Å². The molecule has 0 bridgehead atoms. The zero-order chi connectivity index (χ0) is 16.9. The normalized spacial score (nSPS) is 11.8. The van der Waals surface area contributed by atoms with Crippen molar-refractivity contribution in [3.8, 4) is 17.2 Å². The minimum Gasteiger partial charge on any atom is -0.497 e. The Kier molecular flexibility index (Phi) is 4.51. The number of esters is 1. The maximum atomic E-state index is 12.0. The van der Waals surface area contributed by atoms with Crippen molar-refractivity contribution in [3.63, 3.8) is 0 Å². The molecule has 122 valence electrons. The van der Waals surface area contributed by atoms with Crippen LogP contribution >= 0.6 is 0 Å². The monoisotopic (exact) mass is 325 g/mol. The van der Waals surface area contributed by atoms with Gasteiger partial charge in [-0.25, -0.2) is 4.79 Å². The Morgan fingerprint density at radius 1 is 1.08 bits per heavy atom. The van der Waals surface area contributed by atoms with E-state index in [1.165, 1.54) is 12.4 Å². The van der Waals surface area contributed by atoms with Crippen LogP contribution in [0, 0.1) is 0 Å². The summed E-state index contributed by atoms with van der Waals surface area (Å²) < 4.78 is 16.0. The summed E-state index contributed by atoms with van der Waals surface area (Å²) >= 11 is 0. The molecule has 7 nitrogen and oxygen atoms in total. The van der Waals surface area contributed by atoms with Crippen LogP contribution in [0.4, 0.5) is 0 Å². The number of carbonyl (C=O) groups excluding carboxylic acids is 1. The number of hydrogen-bond acceptors (Lipinski definition) is 7. The summed E-state index contributed by atoms with van der Waals surface area (Å²) in [4.78, 5) is 15.9. The molecule has 0 N–H and O–H groups in total. The van der Waals surface area contributed by atoms with Crippen molar-refractivity contribution in [1.29, 1.82) is 0 Å². The molecule has 0 saturated heterocycles. The summed E-state index contributed by atoms with van der Waals surface area (Å²) in [5, 5.41) is 7.93. The van der Waals surface area contributed by atoms with E-state index in [1.807, 2.05) is 12.1 Å². The molecule has 0 radical (unpaired) electrons. The second-order valence-electron chi connectivity index (χ2n) is 4.96. The van der Waals surface area contributed by atoms with Gasteiger partial charge in [0.25, 0.3) is 5.89 Å². The van der Waals surface area contributed by atoms with Crippen LogP contribution in [0.5, 0.6) is 5.75 Å². The first-order valence-corrected chi connectivity index (χ1v) is 7.26. The largest absolute Gasteiger partial charge is 0.497 e. The fourth-order valence-electron chi connectivity index (χ4n) is 2.02. The number of methoxy groups -OCH3 is 1. The smallest absolute Gasteiger partial charge is 0.339 e. The number of rotatable bonds is 5. The lowest BCUT2D eigenvalue weighted by molar-refractivity contribution is 0.0279. The first-order valence-electron chi connectivity index (χ1n) is 7.26. The van der Waals surface area contributed by atoms with Crippen LogP contribution in [0.25, 0.3) is 11.5 Å². The number of nitrogens with zero attached hydrogens (tertiary/aromatic N) is 3. The van der Waals surface area contributed by atoms with Crippen molar-refractivity contribution >= 4 is 5.97 Å². The van der Waals surface area contributed by atoms with Gasteiger partial charge in [0.1, 0.15) is 5.75 Å². The molecule has 1 aromatic carbocycles. The van der Waals surface area contributed by atoms with E-state index in [-0.39, 0.29) is 5.89 Å². The first kappa shape index (κ1) is 15.7. The molecule has 7 heteroatoms. The summed E-state index contributed by atoms with van der Waals surface area (Å²) in [6.45, 7) is 1.67. The molecule has 1 atom stereocenters. The van der Waals surface area contributed by atoms with Crippen LogP contribution in [-0.2, 0) is 4.74 Å². The Hall–Kier alpha value is -3.22. The third-order valence-electron chi connectivity index (χ3n) is 3.33. The van der Waals surface area contributed by atoms with Crippen LogP contribution in [0.3, 0.4) is 0 Å². The van der Waals surface area contributed by atoms with E-state index in [9.17, 15) is 4.79 Å². The fourth-order valence-corrected chi connectivity index (χ4v) is 2.02. The van der Waals surface area contributed by atoms with Gasteiger partial charge in [-0.15, -0.1) is 10.2 Å². The van der Waals surface area contributed by atoms with E-state index in [0.29, 0.717) is 11.5 Å². The number of benzene rings is 1. The van der Waals surface area contributed by atoms with Crippen molar-refractivity contribution in [3.05, 3.63) is 60.2 Å². The minimum absolute atomic E-state index is 0.225. The average Bonchev–Trinajstić information content (AvgIpc) is 3.13. The van der Waals surface area contributed by atoms with Gasteiger partial charge in [-0.05, 0) is 43.3 Å². The van der Waals surface area contributed by atoms with Gasteiger partial charge in [-0.3, -0.25) is 4.98 Å². The van der Waals surface area contributed by atoms with E-state index >= 15 is 0 Å². The van der Waals surface area contributed by atoms with Crippen molar-refractivity contribution in [2.75, 3.05) is 7.11 Å². The average molecular weight is 325 g/mol. The van der Waals surface area contributed by atoms with Crippen molar-refractivity contribution in [2.45, 2.75) is 13.0 Å². The lowest BCUT2D eigenvalue weighted by atomic mass is 10.2. The highest BCUT2D eigenvalue weighted by Gasteiger charge is 2.19. The van der Waals surface area contributed by atoms with Gasteiger partial charge in [0.2, 0.25) is 5.89 Å². The van der Waals surface area contributed by atoms with Gasteiger partial charge >= 0.3 is 5.97 Å². The number of carbonyl (C=O) groups is 1. The standard InChI is InChI=1S/C17H15N3O4/c1-11(23-17(21)13-7-9-18-10-8-13)15-19-20-16(24-15)12-3-5-14(22-2)6-4-12/h3-11H,1-2H3/t11-/m1/s1. The molecule has 0 unspecified atom stereocenters. The van der Waals surface area contributed by atoms with Crippen LogP contribution in [-0.4, -0.2) is 28.3 Å². The lowest BCUT2D eigenvalue weighted by Crippen LogP contribution is -2.09. The molecular weight excluding hydrogens is 310 g/mol. The molecule has 0 fully saturated rings. The molecule has 0 amide bonds. The molecule has 2 heterocycles. The maximum absolute atomic E-state index is 12.0. The zero-order valence-corrected chi connectivity index (χ0v) is 13.2. The van der Waals surface area contributed by atoms with Gasteiger partial charge in [-0.1, -0.05) is 0 Å². The van der Waals surface area contributed by atoms with Crippen LogP contribution in [0.1, 0.15) is 29.3 Å². The molecule has 3 aromatic rings. The molecule has 0 saturated carbocycles. The highest BCUT2D eigenvalue weighted by Crippen LogP contribution is 2.24. The Balaban J connectivity index is 1.71. The SMILES string of the molecule is COc1ccc(-c2nnc([C@@H](C)OC(=O)c3ccncc3)o2)cc1. The molecule has 0 aliphatic rings. The lowest BCUT2D eigenvalue weighted by Gasteiger charge is -2.08. The molecule has 24 heavy (non-hydrogen) atoms. The predicted molar refractivity (Wildman–Crippen MR) is 84.4 cm³/mol. The second kappa shape index (κ2) is 6.91. The number of pyridine rings is 1. The molecule has 0 aliphatic heterocycles. The third kappa shape index (κ3) is 3.40. The number of ether oxygens (including phenoxy) is 2. The summed E-state index contributed by atoms with van der Waals surface area (Å²) in [7, 11) is 1.60. The van der Waals surface area contributed by atoms with Gasteiger partial charge in [0.05, 0.1) is 12.7 Å². The van der Waals surface area contributed by atoms with E-state index in [1.54, 1.807) is 38.3 Å². The topological polar surface area (TPSA) is 87.3 Å². The summed E-state index contributed by atoms with van der Waals surface area (Å²) in [5.74, 6) is 0.829. The summed E-state index contributed by atoms with van der Waals surface area (Å²) in [6.07, 6.45) is 2.39. The predicted octanol–water partition coefficient (Wildman–Crippen LogP) is 3.06. The van der Waals surface area contributed by atoms with Gasteiger partial charge < -0.3 is 13.9 Å². The maximum Gasteiger partial charge on any atom is 0.339 e. The third-order valence-corrected chi connectivity index (χ3v) is 3.33. The quantitative estimate of drug-likeness (QED) is 0.666. The van der Waals surface area contributed by atoms with Gasteiger partial charge in [-0.2, -0.15) is 0 Å². The molecular formula is C17H15N3O4. The van der Waals surface area contributed by atoms with Crippen molar-refractivity contribution in [1.82, 2.24) is 15.2 Å². The summed E-state index contributed by atoms with van der Waals surface area (Å²) in [5.41, 5.74) is 1.16.